The number of carbonyl (C=O) groups excluding carboxylic acids is 1. The van der Waals surface area contributed by atoms with Crippen LogP contribution in [0.15, 0.2) is 42.0 Å². The van der Waals surface area contributed by atoms with E-state index in [-0.39, 0.29) is 12.5 Å². The van der Waals surface area contributed by atoms with Crippen LogP contribution in [-0.4, -0.2) is 41.5 Å². The van der Waals surface area contributed by atoms with Crippen molar-refractivity contribution >= 4 is 27.5 Å². The van der Waals surface area contributed by atoms with Crippen LogP contribution in [0.3, 0.4) is 0 Å². The molecule has 3 rings (SSSR count). The smallest absolute Gasteiger partial charge is 0.260 e. The van der Waals surface area contributed by atoms with Crippen LogP contribution in [0, 0.1) is 0 Å². The van der Waals surface area contributed by atoms with Crippen molar-refractivity contribution in [3.05, 3.63) is 42.0 Å². The normalized spacial score (nSPS) is 10.6. The number of hydrogen-bond donors (Lipinski definition) is 0. The van der Waals surface area contributed by atoms with Gasteiger partial charge in [-0.2, -0.15) is 0 Å². The molecule has 0 aliphatic heterocycles. The number of amides is 1. The number of likely N-dealkylation sites (N-methyl/N-ethyl adjacent to an activating group) is 1. The van der Waals surface area contributed by atoms with Crippen molar-refractivity contribution < 1.29 is 9.53 Å². The van der Waals surface area contributed by atoms with E-state index in [0.29, 0.717) is 5.88 Å². The first-order chi connectivity index (χ1) is 10.7. The summed E-state index contributed by atoms with van der Waals surface area (Å²) in [6.07, 6.45) is 1.46. The first-order valence-corrected chi connectivity index (χ1v) is 7.65. The summed E-state index contributed by atoms with van der Waals surface area (Å²) < 4.78 is 5.63. The molecule has 1 aromatic carbocycles. The van der Waals surface area contributed by atoms with Crippen LogP contribution in [0.2, 0.25) is 0 Å². The van der Waals surface area contributed by atoms with Crippen molar-refractivity contribution in [1.29, 1.82) is 0 Å². The minimum atomic E-state index is -0.108. The molecule has 0 N–H and O–H groups in total. The first kappa shape index (κ1) is 14.5. The molecule has 0 aliphatic rings. The van der Waals surface area contributed by atoms with E-state index in [0.717, 1.165) is 21.3 Å². The molecule has 22 heavy (non-hydrogen) atoms. The summed E-state index contributed by atoms with van der Waals surface area (Å²) in [7, 11) is 3.39. The van der Waals surface area contributed by atoms with Crippen LogP contribution in [0.1, 0.15) is 0 Å². The Kier molecular flexibility index (Phi) is 4.02. The van der Waals surface area contributed by atoms with Gasteiger partial charge in [-0.3, -0.25) is 4.79 Å². The minimum absolute atomic E-state index is 0.0385. The lowest BCUT2D eigenvalue weighted by Gasteiger charge is -2.11. The third-order valence-corrected chi connectivity index (χ3v) is 4.14. The van der Waals surface area contributed by atoms with E-state index in [9.17, 15) is 4.79 Å². The molecule has 112 valence electrons. The van der Waals surface area contributed by atoms with Crippen molar-refractivity contribution in [1.82, 2.24) is 14.9 Å². The van der Waals surface area contributed by atoms with Gasteiger partial charge in [0.05, 0.1) is 5.39 Å². The van der Waals surface area contributed by atoms with Gasteiger partial charge in [-0.05, 0) is 5.56 Å². The average Bonchev–Trinajstić information content (AvgIpc) is 2.98. The lowest BCUT2D eigenvalue weighted by molar-refractivity contribution is -0.130. The number of carbonyl (C=O) groups is 1. The van der Waals surface area contributed by atoms with Gasteiger partial charge in [0.25, 0.3) is 5.91 Å². The van der Waals surface area contributed by atoms with Crippen molar-refractivity contribution in [2.75, 3.05) is 20.7 Å². The van der Waals surface area contributed by atoms with Crippen molar-refractivity contribution in [2.24, 2.45) is 0 Å². The van der Waals surface area contributed by atoms with E-state index in [2.05, 4.69) is 9.97 Å². The van der Waals surface area contributed by atoms with Gasteiger partial charge in [0.15, 0.2) is 6.61 Å². The summed E-state index contributed by atoms with van der Waals surface area (Å²) in [5.41, 5.74) is 2.10. The summed E-state index contributed by atoms with van der Waals surface area (Å²) in [5.74, 6) is 0.337. The quantitative estimate of drug-likeness (QED) is 0.743. The van der Waals surface area contributed by atoms with Crippen molar-refractivity contribution in [3.63, 3.8) is 0 Å². The van der Waals surface area contributed by atoms with Gasteiger partial charge in [-0.25, -0.2) is 9.97 Å². The highest BCUT2D eigenvalue weighted by Crippen LogP contribution is 2.37. The Morgan fingerprint density at radius 1 is 1.23 bits per heavy atom. The molecular weight excluding hydrogens is 298 g/mol. The Balaban J connectivity index is 2.00. The number of thiophene rings is 1. The molecule has 3 aromatic rings. The number of rotatable bonds is 4. The number of aromatic nitrogens is 2. The lowest BCUT2D eigenvalue weighted by atomic mass is 10.1. The van der Waals surface area contributed by atoms with E-state index in [1.807, 2.05) is 35.7 Å². The number of benzene rings is 1. The second-order valence-electron chi connectivity index (χ2n) is 4.95. The zero-order valence-corrected chi connectivity index (χ0v) is 13.1. The third kappa shape index (κ3) is 2.78. The largest absolute Gasteiger partial charge is 0.467 e. The van der Waals surface area contributed by atoms with Gasteiger partial charge in [0, 0.05) is 25.0 Å². The van der Waals surface area contributed by atoms with Crippen LogP contribution < -0.4 is 4.74 Å². The molecule has 0 radical (unpaired) electrons. The molecule has 2 heterocycles. The molecule has 1 amide bonds. The molecule has 5 nitrogen and oxygen atoms in total. The Hall–Kier alpha value is -2.47. The fraction of sp³-hybridized carbons (Fsp3) is 0.188. The maximum Gasteiger partial charge on any atom is 0.260 e. The van der Waals surface area contributed by atoms with Crippen LogP contribution in [0.5, 0.6) is 5.88 Å². The average molecular weight is 313 g/mol. The monoisotopic (exact) mass is 313 g/mol. The molecule has 0 atom stereocenters. The summed E-state index contributed by atoms with van der Waals surface area (Å²) in [6.45, 7) is -0.0385. The highest BCUT2D eigenvalue weighted by Gasteiger charge is 2.15. The number of ether oxygens (including phenoxy) is 1. The molecule has 0 bridgehead atoms. The molecule has 6 heteroatoms. The molecule has 0 saturated carbocycles. The van der Waals surface area contributed by atoms with Crippen LogP contribution >= 0.6 is 11.3 Å². The summed E-state index contributed by atoms with van der Waals surface area (Å²) >= 11 is 1.54. The summed E-state index contributed by atoms with van der Waals surface area (Å²) in [6, 6.07) is 10.0. The highest BCUT2D eigenvalue weighted by atomic mass is 32.1. The molecule has 0 unspecified atom stereocenters. The molecular formula is C16H15N3O2S. The van der Waals surface area contributed by atoms with E-state index in [4.69, 9.17) is 4.74 Å². The number of hydrogen-bond acceptors (Lipinski definition) is 5. The second kappa shape index (κ2) is 6.11. The lowest BCUT2D eigenvalue weighted by Crippen LogP contribution is -2.27. The van der Waals surface area contributed by atoms with Gasteiger partial charge in [0.1, 0.15) is 11.2 Å². The van der Waals surface area contributed by atoms with Crippen molar-refractivity contribution in [3.8, 4) is 17.0 Å². The Bertz CT molecular complexity index is 800. The maximum absolute atomic E-state index is 11.7. The highest BCUT2D eigenvalue weighted by molar-refractivity contribution is 7.17. The molecule has 0 fully saturated rings. The van der Waals surface area contributed by atoms with Gasteiger partial charge < -0.3 is 9.64 Å². The fourth-order valence-corrected chi connectivity index (χ4v) is 2.95. The topological polar surface area (TPSA) is 55.3 Å². The molecule has 0 spiro atoms. The van der Waals surface area contributed by atoms with Gasteiger partial charge in [-0.15, -0.1) is 11.3 Å². The van der Waals surface area contributed by atoms with Crippen LogP contribution in [-0.2, 0) is 4.79 Å². The minimum Gasteiger partial charge on any atom is -0.467 e. The first-order valence-electron chi connectivity index (χ1n) is 6.77. The Morgan fingerprint density at radius 2 is 2.00 bits per heavy atom. The predicted molar refractivity (Wildman–Crippen MR) is 87.0 cm³/mol. The summed E-state index contributed by atoms with van der Waals surface area (Å²) in [4.78, 5) is 22.5. The van der Waals surface area contributed by atoms with E-state index in [1.54, 1.807) is 14.1 Å². The van der Waals surface area contributed by atoms with Crippen LogP contribution in [0.4, 0.5) is 0 Å². The van der Waals surface area contributed by atoms with E-state index in [1.165, 1.54) is 22.6 Å². The Labute approximate surface area is 132 Å². The molecule has 2 aromatic heterocycles. The summed E-state index contributed by atoms with van der Waals surface area (Å²) in [5, 5.41) is 2.89. The van der Waals surface area contributed by atoms with E-state index < -0.39 is 0 Å². The molecule has 0 saturated heterocycles. The standard InChI is InChI=1S/C16H15N3O2S/c1-19(2)13(20)8-21-15-14-12(11-6-4-3-5-7-11)9-22-16(14)18-10-17-15/h3-7,9-10H,8H2,1-2H3. The van der Waals surface area contributed by atoms with E-state index >= 15 is 0 Å². The third-order valence-electron chi connectivity index (χ3n) is 3.25. The zero-order chi connectivity index (χ0) is 15.5. The zero-order valence-electron chi connectivity index (χ0n) is 12.3. The maximum atomic E-state index is 11.7. The number of nitrogens with zero attached hydrogens (tertiary/aromatic N) is 3. The van der Waals surface area contributed by atoms with Gasteiger partial charge in [-0.1, -0.05) is 30.3 Å². The molecule has 0 aliphatic carbocycles. The SMILES string of the molecule is CN(C)C(=O)COc1ncnc2scc(-c3ccccc3)c12. The Morgan fingerprint density at radius 3 is 2.73 bits per heavy atom. The predicted octanol–water partition coefficient (Wildman–Crippen LogP) is 2.83. The van der Waals surface area contributed by atoms with Crippen molar-refractivity contribution in [2.45, 2.75) is 0 Å². The second-order valence-corrected chi connectivity index (χ2v) is 5.81. The van der Waals surface area contributed by atoms with Crippen LogP contribution in [0.25, 0.3) is 21.3 Å². The van der Waals surface area contributed by atoms with Gasteiger partial charge >= 0.3 is 0 Å². The number of fused-ring (bicyclic) bond motifs is 1. The fourth-order valence-electron chi connectivity index (χ4n) is 2.05. The van der Waals surface area contributed by atoms with Gasteiger partial charge in [0.2, 0.25) is 5.88 Å².